The molecule has 2 aromatic rings. The minimum atomic E-state index is -0.582. The quantitative estimate of drug-likeness (QED) is 0.283. The van der Waals surface area contributed by atoms with E-state index in [1.165, 1.54) is 23.1 Å². The first-order valence-electron chi connectivity index (χ1n) is 7.61. The summed E-state index contributed by atoms with van der Waals surface area (Å²) in [5, 5.41) is 10.8. The smallest absolute Gasteiger partial charge is 0.295 e. The third-order valence-corrected chi connectivity index (χ3v) is 3.87. The molecule has 3 rings (SSSR count). The van der Waals surface area contributed by atoms with Gasteiger partial charge in [0.05, 0.1) is 28.7 Å². The Labute approximate surface area is 142 Å². The molecule has 1 aliphatic heterocycles. The number of nitrogens with zero attached hydrogens (tertiary/aromatic N) is 2. The number of anilines is 1. The number of carbonyl (C=O) groups is 2. The van der Waals surface area contributed by atoms with Gasteiger partial charge in [-0.1, -0.05) is 12.1 Å². The van der Waals surface area contributed by atoms with Gasteiger partial charge in [-0.2, -0.15) is 0 Å². The summed E-state index contributed by atoms with van der Waals surface area (Å²) in [5.74, 6) is -0.323. The highest BCUT2D eigenvalue weighted by molar-refractivity contribution is 6.21. The lowest BCUT2D eigenvalue weighted by Crippen LogP contribution is -2.31. The van der Waals surface area contributed by atoms with E-state index in [-0.39, 0.29) is 36.3 Å². The van der Waals surface area contributed by atoms with Gasteiger partial charge in [-0.3, -0.25) is 24.6 Å². The lowest BCUT2D eigenvalue weighted by atomic mass is 10.1. The topological polar surface area (TPSA) is 116 Å². The van der Waals surface area contributed by atoms with Crippen LogP contribution in [-0.4, -0.2) is 34.8 Å². The molecule has 1 heterocycles. The van der Waals surface area contributed by atoms with Crippen LogP contribution in [0, 0.1) is 10.1 Å². The zero-order chi connectivity index (χ0) is 18.0. The van der Waals surface area contributed by atoms with Crippen molar-refractivity contribution in [1.29, 1.82) is 0 Å². The van der Waals surface area contributed by atoms with E-state index in [1.54, 1.807) is 24.3 Å². The van der Waals surface area contributed by atoms with Gasteiger partial charge in [0.25, 0.3) is 17.5 Å². The second-order valence-corrected chi connectivity index (χ2v) is 5.49. The normalized spacial score (nSPS) is 13.0. The number of fused-ring (bicyclic) bond motifs is 1. The number of benzene rings is 2. The second kappa shape index (κ2) is 6.60. The van der Waals surface area contributed by atoms with E-state index in [0.717, 1.165) is 0 Å². The van der Waals surface area contributed by atoms with Gasteiger partial charge in [0.2, 0.25) is 0 Å². The maximum absolute atomic E-state index is 12.2. The van der Waals surface area contributed by atoms with E-state index in [9.17, 15) is 19.7 Å². The standard InChI is InChI=1S/C17H15N3O5/c18-14-7-6-11(10-15(14)20(23)24)25-9-3-8-19-16(21)12-4-1-2-5-13(12)17(19)22/h1-2,4-7,10H,3,8-9,18H2. The Bertz CT molecular complexity index is 830. The molecular formula is C17H15N3O5. The van der Waals surface area contributed by atoms with Crippen molar-refractivity contribution in [2.24, 2.45) is 0 Å². The van der Waals surface area contributed by atoms with Crippen LogP contribution in [0.25, 0.3) is 0 Å². The monoisotopic (exact) mass is 341 g/mol. The predicted octanol–water partition coefficient (Wildman–Crippen LogP) is 2.24. The molecule has 0 aliphatic carbocycles. The molecule has 128 valence electrons. The molecule has 2 aromatic carbocycles. The van der Waals surface area contributed by atoms with Crippen LogP contribution in [0.2, 0.25) is 0 Å². The third kappa shape index (κ3) is 3.14. The Morgan fingerprint density at radius 2 is 1.72 bits per heavy atom. The number of imide groups is 1. The third-order valence-electron chi connectivity index (χ3n) is 3.87. The zero-order valence-corrected chi connectivity index (χ0v) is 13.2. The average Bonchev–Trinajstić information content (AvgIpc) is 2.84. The molecule has 0 saturated heterocycles. The number of nitro benzene ring substituents is 1. The molecule has 25 heavy (non-hydrogen) atoms. The first kappa shape index (κ1) is 16.4. The first-order valence-corrected chi connectivity index (χ1v) is 7.61. The number of hydrogen-bond acceptors (Lipinski definition) is 6. The summed E-state index contributed by atoms with van der Waals surface area (Å²) in [6, 6.07) is 10.9. The molecule has 8 nitrogen and oxygen atoms in total. The molecular weight excluding hydrogens is 326 g/mol. The molecule has 0 unspecified atom stereocenters. The number of nitrogen functional groups attached to an aromatic ring is 1. The van der Waals surface area contributed by atoms with E-state index in [1.807, 2.05) is 0 Å². The fourth-order valence-corrected chi connectivity index (χ4v) is 2.63. The van der Waals surface area contributed by atoms with Crippen molar-refractivity contribution < 1.29 is 19.2 Å². The van der Waals surface area contributed by atoms with Crippen LogP contribution in [-0.2, 0) is 0 Å². The highest BCUT2D eigenvalue weighted by Crippen LogP contribution is 2.27. The minimum Gasteiger partial charge on any atom is -0.493 e. The van der Waals surface area contributed by atoms with Crippen molar-refractivity contribution in [1.82, 2.24) is 4.90 Å². The second-order valence-electron chi connectivity index (χ2n) is 5.49. The largest absolute Gasteiger partial charge is 0.493 e. The molecule has 2 amide bonds. The summed E-state index contributed by atoms with van der Waals surface area (Å²) in [7, 11) is 0. The lowest BCUT2D eigenvalue weighted by Gasteiger charge is -2.14. The van der Waals surface area contributed by atoms with Crippen molar-refractivity contribution in [2.75, 3.05) is 18.9 Å². The SMILES string of the molecule is Nc1ccc(OCCCN2C(=O)c3ccccc3C2=O)cc1[N+](=O)[O-]. The van der Waals surface area contributed by atoms with E-state index >= 15 is 0 Å². The number of nitro groups is 1. The highest BCUT2D eigenvalue weighted by atomic mass is 16.6. The Balaban J connectivity index is 1.56. The maximum Gasteiger partial charge on any atom is 0.295 e. The van der Waals surface area contributed by atoms with Crippen molar-refractivity contribution in [3.8, 4) is 5.75 Å². The van der Waals surface area contributed by atoms with Crippen LogP contribution >= 0.6 is 0 Å². The van der Waals surface area contributed by atoms with Crippen molar-refractivity contribution in [2.45, 2.75) is 6.42 Å². The van der Waals surface area contributed by atoms with Crippen LogP contribution < -0.4 is 10.5 Å². The van der Waals surface area contributed by atoms with Gasteiger partial charge in [0, 0.05) is 6.54 Å². The van der Waals surface area contributed by atoms with Crippen LogP contribution in [0.4, 0.5) is 11.4 Å². The van der Waals surface area contributed by atoms with E-state index in [0.29, 0.717) is 23.3 Å². The van der Waals surface area contributed by atoms with Crippen LogP contribution in [0.1, 0.15) is 27.1 Å². The summed E-state index contributed by atoms with van der Waals surface area (Å²) < 4.78 is 5.45. The number of hydrogen-bond donors (Lipinski definition) is 1. The number of nitrogens with two attached hydrogens (primary N) is 1. The van der Waals surface area contributed by atoms with E-state index in [2.05, 4.69) is 0 Å². The molecule has 8 heteroatoms. The van der Waals surface area contributed by atoms with E-state index < -0.39 is 4.92 Å². The molecule has 0 radical (unpaired) electrons. The molecule has 0 spiro atoms. The highest BCUT2D eigenvalue weighted by Gasteiger charge is 2.34. The Morgan fingerprint density at radius 3 is 2.32 bits per heavy atom. The predicted molar refractivity (Wildman–Crippen MR) is 89.4 cm³/mol. The Hall–Kier alpha value is -3.42. The van der Waals surface area contributed by atoms with Gasteiger partial charge in [0.15, 0.2) is 0 Å². The van der Waals surface area contributed by atoms with Crippen LogP contribution in [0.3, 0.4) is 0 Å². The Morgan fingerprint density at radius 1 is 1.08 bits per heavy atom. The van der Waals surface area contributed by atoms with Crippen molar-refractivity contribution >= 4 is 23.2 Å². The minimum absolute atomic E-state index is 0.0587. The number of rotatable bonds is 6. The van der Waals surface area contributed by atoms with Gasteiger partial charge in [-0.15, -0.1) is 0 Å². The summed E-state index contributed by atoms with van der Waals surface area (Å²) in [4.78, 5) is 35.9. The molecule has 1 aliphatic rings. The van der Waals surface area contributed by atoms with Crippen LogP contribution in [0.15, 0.2) is 42.5 Å². The average molecular weight is 341 g/mol. The molecule has 0 saturated carbocycles. The summed E-state index contributed by atoms with van der Waals surface area (Å²) in [5.41, 5.74) is 6.17. The van der Waals surface area contributed by atoms with Gasteiger partial charge in [0.1, 0.15) is 11.4 Å². The van der Waals surface area contributed by atoms with Gasteiger partial charge < -0.3 is 10.5 Å². The lowest BCUT2D eigenvalue weighted by molar-refractivity contribution is -0.384. The number of ether oxygens (including phenoxy) is 1. The zero-order valence-electron chi connectivity index (χ0n) is 13.2. The maximum atomic E-state index is 12.2. The molecule has 2 N–H and O–H groups in total. The fourth-order valence-electron chi connectivity index (χ4n) is 2.63. The van der Waals surface area contributed by atoms with Crippen molar-refractivity contribution in [3.05, 3.63) is 63.7 Å². The number of amides is 2. The van der Waals surface area contributed by atoms with Crippen molar-refractivity contribution in [3.63, 3.8) is 0 Å². The van der Waals surface area contributed by atoms with Gasteiger partial charge >= 0.3 is 0 Å². The van der Waals surface area contributed by atoms with Gasteiger partial charge in [-0.25, -0.2) is 0 Å². The molecule has 0 fully saturated rings. The van der Waals surface area contributed by atoms with Gasteiger partial charge in [-0.05, 0) is 30.7 Å². The summed E-state index contributed by atoms with van der Waals surface area (Å²) in [6.07, 6.45) is 0.406. The Kier molecular flexibility index (Phi) is 4.34. The van der Waals surface area contributed by atoms with E-state index in [4.69, 9.17) is 10.5 Å². The van der Waals surface area contributed by atoms with Crippen LogP contribution in [0.5, 0.6) is 5.75 Å². The summed E-state index contributed by atoms with van der Waals surface area (Å²) >= 11 is 0. The molecule has 0 atom stereocenters. The molecule has 0 bridgehead atoms. The fraction of sp³-hybridized carbons (Fsp3) is 0.176. The summed E-state index contributed by atoms with van der Waals surface area (Å²) in [6.45, 7) is 0.415. The number of carbonyl (C=O) groups excluding carboxylic acids is 2. The first-order chi connectivity index (χ1) is 12.0. The molecule has 0 aromatic heterocycles.